The van der Waals surface area contributed by atoms with E-state index in [0.717, 1.165) is 42.2 Å². The summed E-state index contributed by atoms with van der Waals surface area (Å²) in [5.74, 6) is 0.469. The molecule has 4 nitrogen and oxygen atoms in total. The predicted molar refractivity (Wildman–Crippen MR) is 167 cm³/mol. The number of hydrogen-bond donors (Lipinski definition) is 2. The molecule has 0 saturated carbocycles. The number of fused-ring (bicyclic) bond motifs is 1. The topological polar surface area (TPSA) is 65.2 Å². The number of halogens is 2. The van der Waals surface area contributed by atoms with Crippen molar-refractivity contribution < 1.29 is 10.2 Å². The summed E-state index contributed by atoms with van der Waals surface area (Å²) in [7, 11) is 0. The zero-order valence-electron chi connectivity index (χ0n) is 22.5. The van der Waals surface area contributed by atoms with E-state index in [1.54, 1.807) is 12.4 Å². The molecule has 0 bridgehead atoms. The molecule has 38 heavy (non-hydrogen) atoms. The quantitative estimate of drug-likeness (QED) is 0.219. The molecule has 0 radical (unpaired) electrons. The van der Waals surface area contributed by atoms with Gasteiger partial charge in [0, 0.05) is 54.4 Å². The van der Waals surface area contributed by atoms with E-state index in [9.17, 15) is 10.2 Å². The van der Waals surface area contributed by atoms with Crippen molar-refractivity contribution in [3.8, 4) is 11.5 Å². The van der Waals surface area contributed by atoms with Crippen LogP contribution in [0.3, 0.4) is 0 Å². The van der Waals surface area contributed by atoms with Crippen LogP contribution in [0, 0.1) is 0 Å². The second-order valence-electron chi connectivity index (χ2n) is 11.4. The minimum atomic E-state index is -0.209. The van der Waals surface area contributed by atoms with Gasteiger partial charge in [0.1, 0.15) is 11.5 Å². The first-order chi connectivity index (χ1) is 17.8. The van der Waals surface area contributed by atoms with Crippen LogP contribution in [-0.2, 0) is 10.8 Å². The van der Waals surface area contributed by atoms with E-state index in [1.807, 2.05) is 60.7 Å². The third kappa shape index (κ3) is 6.02. The van der Waals surface area contributed by atoms with Crippen LogP contribution in [0.15, 0.2) is 79.6 Å². The van der Waals surface area contributed by atoms with Crippen molar-refractivity contribution in [2.75, 3.05) is 0 Å². The number of aromatic hydroxyl groups is 2. The molecule has 4 aromatic rings. The zero-order valence-corrected chi connectivity index (χ0v) is 25.6. The van der Waals surface area contributed by atoms with Gasteiger partial charge in [0.2, 0.25) is 0 Å². The number of aliphatic imine (C=N–C) groups is 2. The van der Waals surface area contributed by atoms with E-state index in [1.165, 1.54) is 0 Å². The highest BCUT2D eigenvalue weighted by Crippen LogP contribution is 2.38. The number of phenolic OH excluding ortho intramolecular Hbond substituents is 2. The summed E-state index contributed by atoms with van der Waals surface area (Å²) >= 11 is 7.13. The van der Waals surface area contributed by atoms with Gasteiger partial charge in [-0.15, -0.1) is 0 Å². The van der Waals surface area contributed by atoms with Crippen LogP contribution in [0.5, 0.6) is 11.5 Å². The summed E-state index contributed by atoms with van der Waals surface area (Å²) in [6.45, 7) is 12.4. The molecule has 0 unspecified atom stereocenters. The maximum atomic E-state index is 10.9. The van der Waals surface area contributed by atoms with Crippen LogP contribution in [0.4, 0.5) is 11.4 Å². The summed E-state index contributed by atoms with van der Waals surface area (Å²) in [6.07, 6.45) is 3.40. The van der Waals surface area contributed by atoms with Gasteiger partial charge in [-0.3, -0.25) is 9.98 Å². The fourth-order valence-corrected chi connectivity index (χ4v) is 5.31. The second-order valence-corrected chi connectivity index (χ2v) is 13.3. The van der Waals surface area contributed by atoms with Gasteiger partial charge in [-0.1, -0.05) is 97.7 Å². The number of benzene rings is 4. The van der Waals surface area contributed by atoms with Gasteiger partial charge in [0.25, 0.3) is 0 Å². The first-order valence-electron chi connectivity index (χ1n) is 12.4. The van der Waals surface area contributed by atoms with E-state index < -0.39 is 0 Å². The molecule has 2 N–H and O–H groups in total. The minimum Gasteiger partial charge on any atom is -0.507 e. The molecular weight excluding hydrogens is 604 g/mol. The normalized spacial score (nSPS) is 12.7. The lowest BCUT2D eigenvalue weighted by molar-refractivity contribution is 0.445. The highest BCUT2D eigenvalue weighted by Gasteiger charge is 2.21. The van der Waals surface area contributed by atoms with Crippen molar-refractivity contribution in [2.45, 2.75) is 52.4 Å². The molecule has 0 amide bonds. The van der Waals surface area contributed by atoms with Crippen molar-refractivity contribution in [3.63, 3.8) is 0 Å². The molecule has 0 aromatic heterocycles. The Morgan fingerprint density at radius 3 is 1.32 bits per heavy atom. The minimum absolute atomic E-state index is 0.209. The fraction of sp³-hybridized carbons (Fsp3) is 0.250. The number of hydrogen-bond acceptors (Lipinski definition) is 4. The molecule has 196 valence electrons. The average Bonchev–Trinajstić information content (AvgIpc) is 2.83. The van der Waals surface area contributed by atoms with E-state index in [-0.39, 0.29) is 22.3 Å². The Bertz CT molecular complexity index is 1460. The van der Waals surface area contributed by atoms with E-state index in [2.05, 4.69) is 73.4 Å². The Labute approximate surface area is 241 Å². The van der Waals surface area contributed by atoms with Crippen molar-refractivity contribution >= 4 is 66.4 Å². The van der Waals surface area contributed by atoms with Gasteiger partial charge in [-0.05, 0) is 47.2 Å². The smallest absolute Gasteiger partial charge is 0.128 e. The molecule has 0 fully saturated rings. The van der Waals surface area contributed by atoms with E-state index in [0.29, 0.717) is 11.1 Å². The second kappa shape index (κ2) is 10.7. The number of phenols is 2. The molecule has 0 aliphatic rings. The number of nitrogens with zero attached hydrogens (tertiary/aromatic N) is 2. The average molecular weight is 636 g/mol. The Morgan fingerprint density at radius 2 is 0.974 bits per heavy atom. The largest absolute Gasteiger partial charge is 0.507 e. The van der Waals surface area contributed by atoms with Gasteiger partial charge in [0.05, 0.1) is 11.4 Å². The lowest BCUT2D eigenvalue weighted by Crippen LogP contribution is -2.12. The lowest BCUT2D eigenvalue weighted by atomic mass is 9.85. The third-order valence-corrected chi connectivity index (χ3v) is 7.30. The van der Waals surface area contributed by atoms with Crippen molar-refractivity contribution in [3.05, 3.63) is 91.9 Å². The molecule has 4 aromatic carbocycles. The van der Waals surface area contributed by atoms with Gasteiger partial charge in [-0.2, -0.15) is 0 Å². The molecule has 6 heteroatoms. The Hall–Kier alpha value is -2.96. The molecule has 0 aliphatic heterocycles. The first-order valence-corrected chi connectivity index (χ1v) is 14.0. The summed E-state index contributed by atoms with van der Waals surface area (Å²) in [6, 6.07) is 19.4. The predicted octanol–water partition coefficient (Wildman–Crippen LogP) is 9.87. The third-order valence-electron chi connectivity index (χ3n) is 6.39. The standard InChI is InChI=1S/C32H32Br2N2O2/c1-31(2,3)25-15-21(33)13-19(29(25)37)17-35-27-11-7-10-24-23(27)9-8-12-28(24)36-18-20-14-22(34)16-26(30(20)38)32(4,5)6/h7-18,37-38H,1-6H3. The van der Waals surface area contributed by atoms with Crippen molar-refractivity contribution in [1.29, 1.82) is 0 Å². The van der Waals surface area contributed by atoms with E-state index in [4.69, 9.17) is 9.98 Å². The summed E-state index contributed by atoms with van der Waals surface area (Å²) in [4.78, 5) is 9.50. The van der Waals surface area contributed by atoms with E-state index >= 15 is 0 Å². The molecule has 0 atom stereocenters. The Kier molecular flexibility index (Phi) is 7.87. The van der Waals surface area contributed by atoms with Gasteiger partial charge in [0.15, 0.2) is 0 Å². The van der Waals surface area contributed by atoms with Crippen LogP contribution >= 0.6 is 31.9 Å². The number of rotatable bonds is 4. The highest BCUT2D eigenvalue weighted by molar-refractivity contribution is 9.10. The Morgan fingerprint density at radius 1 is 0.605 bits per heavy atom. The summed E-state index contributed by atoms with van der Waals surface area (Å²) in [5, 5.41) is 23.7. The molecule has 0 aliphatic carbocycles. The van der Waals surface area contributed by atoms with Crippen LogP contribution in [0.2, 0.25) is 0 Å². The van der Waals surface area contributed by atoms with Crippen LogP contribution in [0.25, 0.3) is 10.8 Å². The Balaban J connectivity index is 1.75. The highest BCUT2D eigenvalue weighted by atomic mass is 79.9. The summed E-state index contributed by atoms with van der Waals surface area (Å²) in [5.41, 5.74) is 4.14. The van der Waals surface area contributed by atoms with Crippen LogP contribution in [0.1, 0.15) is 63.8 Å². The molecular formula is C32H32Br2N2O2. The maximum Gasteiger partial charge on any atom is 0.128 e. The molecule has 0 heterocycles. The zero-order chi connectivity index (χ0) is 27.8. The molecule has 0 saturated heterocycles. The van der Waals surface area contributed by atoms with Crippen LogP contribution < -0.4 is 0 Å². The maximum absolute atomic E-state index is 10.9. The molecule has 0 spiro atoms. The van der Waals surface area contributed by atoms with Gasteiger partial charge < -0.3 is 10.2 Å². The SMILES string of the molecule is CC(C)(C)c1cc(Br)cc(C=Nc2cccc3c(N=Cc4cc(Br)cc(C(C)(C)C)c4O)cccc23)c1O. The van der Waals surface area contributed by atoms with Crippen molar-refractivity contribution in [2.24, 2.45) is 9.98 Å². The fourth-order valence-electron chi connectivity index (χ4n) is 4.36. The van der Waals surface area contributed by atoms with Crippen LogP contribution in [-0.4, -0.2) is 22.6 Å². The van der Waals surface area contributed by atoms with Gasteiger partial charge in [-0.25, -0.2) is 0 Å². The molecule has 4 rings (SSSR count). The van der Waals surface area contributed by atoms with Gasteiger partial charge >= 0.3 is 0 Å². The lowest BCUT2D eigenvalue weighted by Gasteiger charge is -2.21. The monoisotopic (exact) mass is 634 g/mol. The first kappa shape index (κ1) is 28.1. The van der Waals surface area contributed by atoms with Crippen molar-refractivity contribution in [1.82, 2.24) is 0 Å². The summed E-state index contributed by atoms with van der Waals surface area (Å²) < 4.78 is 1.78.